The van der Waals surface area contributed by atoms with Crippen LogP contribution in [-0.2, 0) is 9.59 Å². The number of hydrogen-bond donors (Lipinski definition) is 0. The highest BCUT2D eigenvalue weighted by Crippen LogP contribution is 2.42. The van der Waals surface area contributed by atoms with Gasteiger partial charge in [-0.3, -0.25) is 14.5 Å². The molecule has 2 saturated heterocycles. The van der Waals surface area contributed by atoms with Crippen molar-refractivity contribution in [1.82, 2.24) is 4.90 Å². The number of thioether (sulfide) groups is 1. The lowest BCUT2D eigenvalue weighted by atomic mass is 9.88. The quantitative estimate of drug-likeness (QED) is 0.411. The average Bonchev–Trinajstić information content (AvgIpc) is 3.18. The molecular weight excluding hydrogens is 422 g/mol. The molecule has 0 unspecified atom stereocenters. The molecule has 0 radical (unpaired) electrons. The predicted molar refractivity (Wildman–Crippen MR) is 129 cm³/mol. The van der Waals surface area contributed by atoms with E-state index in [1.165, 1.54) is 11.8 Å². The van der Waals surface area contributed by atoms with Crippen molar-refractivity contribution in [3.63, 3.8) is 0 Å². The number of aliphatic imine (C=N–C) groups is 1. The topological polar surface area (TPSA) is 62.2 Å². The van der Waals surface area contributed by atoms with Crippen LogP contribution >= 0.6 is 11.8 Å². The molecule has 2 aliphatic rings. The van der Waals surface area contributed by atoms with Gasteiger partial charge in [-0.2, -0.15) is 0 Å². The Balaban J connectivity index is 1.59. The first-order valence-electron chi connectivity index (χ1n) is 11.2. The van der Waals surface area contributed by atoms with Gasteiger partial charge in [0.15, 0.2) is 11.2 Å². The molecule has 2 aromatic rings. The number of benzene rings is 2. The zero-order valence-corrected chi connectivity index (χ0v) is 19.4. The summed E-state index contributed by atoms with van der Waals surface area (Å²) in [5.74, 6) is 1.17. The predicted octanol–water partition coefficient (Wildman–Crippen LogP) is 4.66. The third kappa shape index (κ3) is 4.53. The highest BCUT2D eigenvalue weighted by atomic mass is 32.2. The second-order valence-corrected chi connectivity index (χ2v) is 8.96. The number of anilines is 1. The molecule has 6 nitrogen and oxygen atoms in total. The minimum atomic E-state index is -0.536. The highest BCUT2D eigenvalue weighted by Gasteiger charge is 2.50. The molecule has 2 aromatic carbocycles. The van der Waals surface area contributed by atoms with Gasteiger partial charge in [0.2, 0.25) is 5.91 Å². The number of unbranched alkanes of at least 4 members (excludes halogenated alkanes) is 3. The summed E-state index contributed by atoms with van der Waals surface area (Å²) in [4.78, 5) is 34.1. The van der Waals surface area contributed by atoms with Gasteiger partial charge in [0.05, 0.1) is 18.9 Å². The van der Waals surface area contributed by atoms with Crippen molar-refractivity contribution < 1.29 is 14.3 Å². The van der Waals surface area contributed by atoms with Crippen molar-refractivity contribution in [2.75, 3.05) is 24.3 Å². The van der Waals surface area contributed by atoms with Gasteiger partial charge in [0.25, 0.3) is 5.91 Å². The van der Waals surface area contributed by atoms with E-state index in [0.717, 1.165) is 42.7 Å². The monoisotopic (exact) mass is 451 g/mol. The van der Waals surface area contributed by atoms with Crippen molar-refractivity contribution >= 4 is 34.4 Å². The minimum absolute atomic E-state index is 0.0533. The Kier molecular flexibility index (Phi) is 7.15. The van der Waals surface area contributed by atoms with E-state index in [9.17, 15) is 9.59 Å². The molecule has 0 saturated carbocycles. The number of amides is 2. The average molecular weight is 452 g/mol. The summed E-state index contributed by atoms with van der Waals surface area (Å²) in [5.41, 5.74) is 1.84. The van der Waals surface area contributed by atoms with Crippen molar-refractivity contribution in [1.29, 1.82) is 0 Å². The Morgan fingerprint density at radius 2 is 1.78 bits per heavy atom. The molecule has 32 heavy (non-hydrogen) atoms. The van der Waals surface area contributed by atoms with Gasteiger partial charge >= 0.3 is 0 Å². The van der Waals surface area contributed by atoms with E-state index in [4.69, 9.17) is 9.73 Å². The summed E-state index contributed by atoms with van der Waals surface area (Å²) in [7, 11) is 1.62. The standard InChI is InChI=1S/C25H29N3O3S/c1-3-4-5-9-16-27-21(29)17-32-25(27)26-22-23(18-10-7-6-8-11-18)28(24(22)30)19-12-14-20(31-2)15-13-19/h6-8,10-15,22-23H,3-5,9,16-17H2,1-2H3/t22-,23-/m1/s1. The summed E-state index contributed by atoms with van der Waals surface area (Å²) in [6.45, 7) is 2.84. The van der Waals surface area contributed by atoms with Crippen LogP contribution in [0.25, 0.3) is 0 Å². The summed E-state index contributed by atoms with van der Waals surface area (Å²) in [5, 5.41) is 0.681. The fourth-order valence-corrected chi connectivity index (χ4v) is 5.09. The van der Waals surface area contributed by atoms with E-state index in [0.29, 0.717) is 17.5 Å². The van der Waals surface area contributed by atoms with Crippen LogP contribution in [0.15, 0.2) is 59.6 Å². The first kappa shape index (κ1) is 22.4. The van der Waals surface area contributed by atoms with E-state index in [1.807, 2.05) is 54.6 Å². The van der Waals surface area contributed by atoms with Gasteiger partial charge in [-0.25, -0.2) is 4.99 Å². The van der Waals surface area contributed by atoms with Crippen LogP contribution in [0.4, 0.5) is 5.69 Å². The fourth-order valence-electron chi connectivity index (χ4n) is 4.14. The molecule has 168 valence electrons. The molecule has 7 heteroatoms. The minimum Gasteiger partial charge on any atom is -0.497 e. The molecule has 0 spiro atoms. The second kappa shape index (κ2) is 10.2. The van der Waals surface area contributed by atoms with Gasteiger partial charge < -0.3 is 9.64 Å². The zero-order valence-electron chi connectivity index (χ0n) is 18.6. The van der Waals surface area contributed by atoms with Crippen LogP contribution in [0.1, 0.15) is 44.2 Å². The van der Waals surface area contributed by atoms with Crippen molar-refractivity contribution in [2.45, 2.75) is 44.7 Å². The molecule has 0 bridgehead atoms. The van der Waals surface area contributed by atoms with Crippen LogP contribution in [0.3, 0.4) is 0 Å². The second-order valence-electron chi connectivity index (χ2n) is 8.01. The lowest BCUT2D eigenvalue weighted by Gasteiger charge is -2.45. The first-order chi connectivity index (χ1) is 15.6. The Bertz CT molecular complexity index is 978. The molecule has 2 amide bonds. The number of carbonyl (C=O) groups excluding carboxylic acids is 2. The smallest absolute Gasteiger partial charge is 0.255 e. The number of nitrogens with zero attached hydrogens (tertiary/aromatic N) is 3. The maximum absolute atomic E-state index is 13.3. The van der Waals surface area contributed by atoms with Gasteiger partial charge in [0, 0.05) is 12.2 Å². The van der Waals surface area contributed by atoms with Crippen LogP contribution in [-0.4, -0.2) is 47.3 Å². The number of amidine groups is 1. The Morgan fingerprint density at radius 1 is 1.03 bits per heavy atom. The van der Waals surface area contributed by atoms with Crippen LogP contribution < -0.4 is 9.64 Å². The van der Waals surface area contributed by atoms with Gasteiger partial charge in [-0.1, -0.05) is 68.3 Å². The third-order valence-corrected chi connectivity index (χ3v) is 6.88. The molecule has 0 aromatic heterocycles. The molecular formula is C25H29N3O3S. The maximum atomic E-state index is 13.3. The lowest BCUT2D eigenvalue weighted by molar-refractivity contribution is -0.126. The van der Waals surface area contributed by atoms with Crippen molar-refractivity contribution in [3.8, 4) is 5.75 Å². The molecule has 2 fully saturated rings. The normalized spacial score (nSPS) is 21.9. The van der Waals surface area contributed by atoms with Crippen LogP contribution in [0.2, 0.25) is 0 Å². The molecule has 2 atom stereocenters. The molecule has 0 N–H and O–H groups in total. The van der Waals surface area contributed by atoms with Gasteiger partial charge in [0.1, 0.15) is 5.75 Å². The lowest BCUT2D eigenvalue weighted by Crippen LogP contribution is -2.58. The van der Waals surface area contributed by atoms with Crippen LogP contribution in [0, 0.1) is 0 Å². The number of β-lactam (4-membered cyclic amide) rings is 1. The van der Waals surface area contributed by atoms with E-state index < -0.39 is 6.04 Å². The van der Waals surface area contributed by atoms with Gasteiger partial charge in [-0.15, -0.1) is 0 Å². The largest absolute Gasteiger partial charge is 0.497 e. The molecule has 4 rings (SSSR count). The Hall–Kier alpha value is -2.80. The number of carbonyl (C=O) groups is 2. The number of ether oxygens (including phenoxy) is 1. The number of rotatable bonds is 9. The summed E-state index contributed by atoms with van der Waals surface area (Å²) < 4.78 is 5.25. The summed E-state index contributed by atoms with van der Waals surface area (Å²) in [6, 6.07) is 16.7. The van der Waals surface area contributed by atoms with E-state index in [-0.39, 0.29) is 17.9 Å². The molecule has 2 heterocycles. The maximum Gasteiger partial charge on any atom is 0.255 e. The number of methoxy groups -OCH3 is 1. The fraction of sp³-hybridized carbons (Fsp3) is 0.400. The van der Waals surface area contributed by atoms with Crippen molar-refractivity contribution in [3.05, 3.63) is 60.2 Å². The van der Waals surface area contributed by atoms with Gasteiger partial charge in [-0.05, 0) is 36.2 Å². The third-order valence-electron chi connectivity index (χ3n) is 5.90. The van der Waals surface area contributed by atoms with Crippen molar-refractivity contribution in [2.24, 2.45) is 4.99 Å². The summed E-state index contributed by atoms with van der Waals surface area (Å²) >= 11 is 1.44. The molecule has 2 aliphatic heterocycles. The van der Waals surface area contributed by atoms with Crippen LogP contribution in [0.5, 0.6) is 5.75 Å². The Morgan fingerprint density at radius 3 is 2.47 bits per heavy atom. The number of hydrogen-bond acceptors (Lipinski definition) is 5. The zero-order chi connectivity index (χ0) is 22.5. The first-order valence-corrected chi connectivity index (χ1v) is 12.2. The molecule has 0 aliphatic carbocycles. The van der Waals surface area contributed by atoms with E-state index in [2.05, 4.69) is 6.92 Å². The SMILES string of the molecule is CCCCCCN1C(=O)CSC1=N[C@H]1C(=O)N(c2ccc(OC)cc2)[C@@H]1c1ccccc1. The summed E-state index contributed by atoms with van der Waals surface area (Å²) in [6.07, 6.45) is 4.37. The highest BCUT2D eigenvalue weighted by molar-refractivity contribution is 8.15. The van der Waals surface area contributed by atoms with E-state index in [1.54, 1.807) is 16.9 Å². The Labute approximate surface area is 193 Å². The van der Waals surface area contributed by atoms with E-state index >= 15 is 0 Å².